The molecule has 1 N–H and O–H groups in total. The number of rotatable bonds is 5. The summed E-state index contributed by atoms with van der Waals surface area (Å²) in [7, 11) is 0. The van der Waals surface area contributed by atoms with Crippen LogP contribution in [0.2, 0.25) is 0 Å². The fourth-order valence-electron chi connectivity index (χ4n) is 2.67. The lowest BCUT2D eigenvalue weighted by atomic mass is 10.1. The molecule has 2 aromatic rings. The Morgan fingerprint density at radius 1 is 1.38 bits per heavy atom. The van der Waals surface area contributed by atoms with Crippen molar-refractivity contribution in [1.29, 1.82) is 0 Å². The van der Waals surface area contributed by atoms with Crippen LogP contribution in [0.3, 0.4) is 0 Å². The van der Waals surface area contributed by atoms with Crippen LogP contribution >= 0.6 is 15.9 Å². The topological polar surface area (TPSA) is 47.6 Å². The van der Waals surface area contributed by atoms with Crippen molar-refractivity contribution in [3.05, 3.63) is 57.6 Å². The van der Waals surface area contributed by atoms with Crippen LogP contribution in [0.15, 0.2) is 40.9 Å². The maximum Gasteiger partial charge on any atom is 0.306 e. The summed E-state index contributed by atoms with van der Waals surface area (Å²) in [5.41, 5.74) is 4.38. The van der Waals surface area contributed by atoms with Gasteiger partial charge in [-0.2, -0.15) is 0 Å². The summed E-state index contributed by atoms with van der Waals surface area (Å²) >= 11 is 3.56. The second kappa shape index (κ2) is 7.26. The quantitative estimate of drug-likeness (QED) is 0.749. The molecule has 1 aliphatic rings. The lowest BCUT2D eigenvalue weighted by Crippen LogP contribution is -2.11. The first-order valence-corrected chi connectivity index (χ1v) is 8.82. The van der Waals surface area contributed by atoms with E-state index in [1.165, 1.54) is 11.1 Å². The van der Waals surface area contributed by atoms with E-state index in [-0.39, 0.29) is 12.1 Å². The third-order valence-corrected chi connectivity index (χ3v) is 5.03. The minimum absolute atomic E-state index is 0.205. The van der Waals surface area contributed by atoms with Crippen LogP contribution in [0.25, 0.3) is 0 Å². The molecule has 1 aliphatic heterocycles. The number of hydrogen-bond acceptors (Lipinski definition) is 4. The van der Waals surface area contributed by atoms with Crippen molar-refractivity contribution in [3.8, 4) is 5.75 Å². The first-order valence-electron chi connectivity index (χ1n) is 8.02. The lowest BCUT2D eigenvalue weighted by molar-refractivity contribution is -0.149. The summed E-state index contributed by atoms with van der Waals surface area (Å²) in [5, 5.41) is 3.42. The van der Waals surface area contributed by atoms with E-state index in [0.717, 1.165) is 28.0 Å². The summed E-state index contributed by atoms with van der Waals surface area (Å²) in [6.45, 7) is 5.00. The van der Waals surface area contributed by atoms with Crippen LogP contribution in [-0.2, 0) is 16.1 Å². The zero-order valence-electron chi connectivity index (χ0n) is 13.8. The number of anilines is 1. The van der Waals surface area contributed by atoms with Crippen molar-refractivity contribution < 1.29 is 14.3 Å². The summed E-state index contributed by atoms with van der Waals surface area (Å²) in [6, 6.07) is 12.1. The number of nitrogens with one attached hydrogen (secondary N) is 1. The van der Waals surface area contributed by atoms with Gasteiger partial charge in [0.05, 0.1) is 0 Å². The Bertz CT molecular complexity index is 760. The van der Waals surface area contributed by atoms with Gasteiger partial charge < -0.3 is 14.8 Å². The summed E-state index contributed by atoms with van der Waals surface area (Å²) in [6.07, 6.45) is 0.0751. The molecule has 0 spiro atoms. The third-order valence-electron chi connectivity index (χ3n) is 4.18. The molecule has 1 atom stereocenters. The average Bonchev–Trinajstić information content (AvgIpc) is 2.98. The predicted molar refractivity (Wildman–Crippen MR) is 97.3 cm³/mol. The van der Waals surface area contributed by atoms with Gasteiger partial charge in [-0.3, -0.25) is 4.79 Å². The van der Waals surface area contributed by atoms with Crippen LogP contribution in [0.4, 0.5) is 5.69 Å². The molecule has 126 valence electrons. The summed E-state index contributed by atoms with van der Waals surface area (Å²) < 4.78 is 12.2. The molecule has 24 heavy (non-hydrogen) atoms. The van der Waals surface area contributed by atoms with Gasteiger partial charge in [-0.1, -0.05) is 35.0 Å². The molecule has 2 aromatic carbocycles. The van der Waals surface area contributed by atoms with Gasteiger partial charge >= 0.3 is 5.97 Å². The van der Waals surface area contributed by atoms with Gasteiger partial charge in [-0.05, 0) is 36.2 Å². The van der Waals surface area contributed by atoms with Crippen molar-refractivity contribution in [2.45, 2.75) is 32.9 Å². The number of ether oxygens (including phenoxy) is 2. The minimum atomic E-state index is -0.297. The summed E-state index contributed by atoms with van der Waals surface area (Å²) in [5.74, 6) is 0.573. The molecule has 0 bridgehead atoms. The van der Waals surface area contributed by atoms with Crippen molar-refractivity contribution in [1.82, 2.24) is 0 Å². The van der Waals surface area contributed by atoms with Crippen LogP contribution in [0.1, 0.15) is 36.1 Å². The predicted octanol–water partition coefficient (Wildman–Crippen LogP) is 4.76. The first-order chi connectivity index (χ1) is 11.6. The van der Waals surface area contributed by atoms with Crippen molar-refractivity contribution in [3.63, 3.8) is 0 Å². The molecule has 0 unspecified atom stereocenters. The molecule has 5 heteroatoms. The largest absolute Gasteiger partial charge is 0.489 e. The zero-order valence-corrected chi connectivity index (χ0v) is 15.4. The molecule has 0 aromatic heterocycles. The summed E-state index contributed by atoms with van der Waals surface area (Å²) in [4.78, 5) is 11.5. The number of benzene rings is 2. The van der Waals surface area contributed by atoms with E-state index in [1.807, 2.05) is 30.3 Å². The third kappa shape index (κ3) is 3.56. The molecular weight excluding hydrogens is 370 g/mol. The second-order valence-electron chi connectivity index (χ2n) is 5.77. The van der Waals surface area contributed by atoms with Crippen LogP contribution in [-0.4, -0.2) is 12.6 Å². The molecule has 3 rings (SSSR count). The average molecular weight is 390 g/mol. The Balaban J connectivity index is 1.69. The monoisotopic (exact) mass is 389 g/mol. The van der Waals surface area contributed by atoms with Gasteiger partial charge in [-0.25, -0.2) is 0 Å². The SMILES string of the molecule is CCC(=O)O[C@@H]1COc2cc(NCc3cccc(Br)c3C)ccc21. The number of halogens is 1. The Morgan fingerprint density at radius 2 is 2.21 bits per heavy atom. The van der Waals surface area contributed by atoms with E-state index >= 15 is 0 Å². The van der Waals surface area contributed by atoms with Crippen LogP contribution < -0.4 is 10.1 Å². The highest BCUT2D eigenvalue weighted by Gasteiger charge is 2.27. The molecular formula is C19H20BrNO3. The zero-order chi connectivity index (χ0) is 17.1. The Kier molecular flexibility index (Phi) is 5.09. The fraction of sp³-hybridized carbons (Fsp3) is 0.316. The standard InChI is InChI=1S/C19H20BrNO3/c1-3-19(22)24-18-11-23-17-9-14(7-8-15(17)18)21-10-13-5-4-6-16(20)12(13)2/h4-9,18,21H,3,10-11H2,1-2H3/t18-/m1/s1. The maximum absolute atomic E-state index is 11.5. The second-order valence-corrected chi connectivity index (χ2v) is 6.63. The van der Waals surface area contributed by atoms with E-state index in [1.54, 1.807) is 6.92 Å². The Hall–Kier alpha value is -2.01. The van der Waals surface area contributed by atoms with Crippen molar-refractivity contribution >= 4 is 27.6 Å². The molecule has 1 heterocycles. The van der Waals surface area contributed by atoms with E-state index in [9.17, 15) is 4.79 Å². The van der Waals surface area contributed by atoms with Gasteiger partial charge in [0.25, 0.3) is 0 Å². The highest BCUT2D eigenvalue weighted by Crippen LogP contribution is 2.37. The lowest BCUT2D eigenvalue weighted by Gasteiger charge is -2.12. The van der Waals surface area contributed by atoms with E-state index in [0.29, 0.717) is 13.0 Å². The number of carbonyl (C=O) groups is 1. The van der Waals surface area contributed by atoms with Crippen LogP contribution in [0, 0.1) is 6.92 Å². The Labute approximate surface area is 150 Å². The van der Waals surface area contributed by atoms with Crippen molar-refractivity contribution in [2.24, 2.45) is 0 Å². The molecule has 0 saturated heterocycles. The molecule has 0 amide bonds. The van der Waals surface area contributed by atoms with Gasteiger partial charge in [0.2, 0.25) is 0 Å². The Morgan fingerprint density at radius 3 is 3.00 bits per heavy atom. The highest BCUT2D eigenvalue weighted by atomic mass is 79.9. The number of fused-ring (bicyclic) bond motifs is 1. The number of esters is 1. The highest BCUT2D eigenvalue weighted by molar-refractivity contribution is 9.10. The molecule has 0 aliphatic carbocycles. The molecule has 4 nitrogen and oxygen atoms in total. The van der Waals surface area contributed by atoms with Gasteiger partial charge in [0.15, 0.2) is 6.10 Å². The van der Waals surface area contributed by atoms with Gasteiger partial charge in [0, 0.05) is 34.8 Å². The van der Waals surface area contributed by atoms with Crippen molar-refractivity contribution in [2.75, 3.05) is 11.9 Å². The van der Waals surface area contributed by atoms with E-state index in [4.69, 9.17) is 9.47 Å². The maximum atomic E-state index is 11.5. The van der Waals surface area contributed by atoms with E-state index < -0.39 is 0 Å². The fourth-order valence-corrected chi connectivity index (χ4v) is 3.08. The first kappa shape index (κ1) is 16.8. The molecule has 0 saturated carbocycles. The van der Waals surface area contributed by atoms with Gasteiger partial charge in [-0.15, -0.1) is 0 Å². The number of hydrogen-bond donors (Lipinski definition) is 1. The number of carbonyl (C=O) groups excluding carboxylic acids is 1. The minimum Gasteiger partial charge on any atom is -0.489 e. The van der Waals surface area contributed by atoms with Gasteiger partial charge in [0.1, 0.15) is 12.4 Å². The molecule has 0 fully saturated rings. The molecule has 0 radical (unpaired) electrons. The smallest absolute Gasteiger partial charge is 0.306 e. The normalized spacial score (nSPS) is 15.5. The van der Waals surface area contributed by atoms with Crippen LogP contribution in [0.5, 0.6) is 5.75 Å². The van der Waals surface area contributed by atoms with E-state index in [2.05, 4.69) is 34.2 Å².